The molecule has 0 radical (unpaired) electrons. The van der Waals surface area contributed by atoms with Crippen molar-refractivity contribution in [1.29, 1.82) is 0 Å². The van der Waals surface area contributed by atoms with E-state index in [0.717, 1.165) is 16.5 Å². The predicted octanol–water partition coefficient (Wildman–Crippen LogP) is 5.42. The monoisotopic (exact) mass is 518 g/mol. The van der Waals surface area contributed by atoms with Crippen LogP contribution in [0.5, 0.6) is 0 Å². The second kappa shape index (κ2) is 9.11. The van der Waals surface area contributed by atoms with Gasteiger partial charge in [0.1, 0.15) is 11.5 Å². The van der Waals surface area contributed by atoms with Crippen molar-refractivity contribution in [2.75, 3.05) is 11.9 Å². The van der Waals surface area contributed by atoms with Crippen LogP contribution in [0.15, 0.2) is 75.8 Å². The number of halogens is 1. The van der Waals surface area contributed by atoms with Crippen molar-refractivity contribution >= 4 is 55.6 Å². The number of esters is 1. The molecule has 5 rings (SSSR count). The normalized spacial score (nSPS) is 11.1. The molecular weight excluding hydrogens is 500 g/mol. The summed E-state index contributed by atoms with van der Waals surface area (Å²) in [5.74, 6) is -1.00. The molecule has 0 atom stereocenters. The molecule has 3 heterocycles. The number of amides is 1. The van der Waals surface area contributed by atoms with Crippen molar-refractivity contribution in [1.82, 2.24) is 14.5 Å². The van der Waals surface area contributed by atoms with E-state index < -0.39 is 11.9 Å². The number of carbonyl (C=O) groups is 2. The van der Waals surface area contributed by atoms with Gasteiger partial charge in [-0.2, -0.15) is 0 Å². The SMILES string of the molecule is CCOC(=O)c1nc(NC(=O)c2ccc(Br)o2)c2c3ccccc3n(Cc3ccccc3)c2n1. The van der Waals surface area contributed by atoms with Gasteiger partial charge in [-0.25, -0.2) is 14.8 Å². The number of anilines is 1. The lowest BCUT2D eigenvalue weighted by molar-refractivity contribution is 0.0512. The number of para-hydroxylation sites is 1. The maximum absolute atomic E-state index is 12.9. The largest absolute Gasteiger partial charge is 0.460 e. The fourth-order valence-corrected chi connectivity index (χ4v) is 4.14. The first-order chi connectivity index (χ1) is 16.5. The van der Waals surface area contributed by atoms with Crippen LogP contribution in [-0.2, 0) is 11.3 Å². The Bertz CT molecular complexity index is 1520. The molecule has 0 bridgehead atoms. The topological polar surface area (TPSA) is 99.2 Å². The third-order valence-electron chi connectivity index (χ3n) is 5.28. The number of hydrogen-bond acceptors (Lipinski definition) is 6. The molecule has 5 aromatic rings. The number of fused-ring (bicyclic) bond motifs is 3. The van der Waals surface area contributed by atoms with E-state index in [0.29, 0.717) is 22.2 Å². The predicted molar refractivity (Wildman–Crippen MR) is 131 cm³/mol. The molecule has 0 saturated carbocycles. The second-order valence-electron chi connectivity index (χ2n) is 7.46. The third kappa shape index (κ3) is 4.06. The first-order valence-corrected chi connectivity index (χ1v) is 11.4. The Kier molecular flexibility index (Phi) is 5.85. The molecule has 0 fully saturated rings. The first kappa shape index (κ1) is 21.8. The van der Waals surface area contributed by atoms with Gasteiger partial charge in [0.25, 0.3) is 5.91 Å². The highest BCUT2D eigenvalue weighted by molar-refractivity contribution is 9.10. The molecule has 3 aromatic heterocycles. The van der Waals surface area contributed by atoms with Crippen LogP contribution in [0.3, 0.4) is 0 Å². The van der Waals surface area contributed by atoms with Gasteiger partial charge in [0.15, 0.2) is 10.4 Å². The Hall–Kier alpha value is -3.98. The second-order valence-corrected chi connectivity index (χ2v) is 8.24. The fourth-order valence-electron chi connectivity index (χ4n) is 3.84. The summed E-state index contributed by atoms with van der Waals surface area (Å²) < 4.78 is 13.0. The van der Waals surface area contributed by atoms with E-state index >= 15 is 0 Å². The van der Waals surface area contributed by atoms with Crippen LogP contribution in [0.2, 0.25) is 0 Å². The summed E-state index contributed by atoms with van der Waals surface area (Å²) in [5, 5.41) is 4.27. The summed E-state index contributed by atoms with van der Waals surface area (Å²) in [6.07, 6.45) is 0. The van der Waals surface area contributed by atoms with Crippen molar-refractivity contribution in [2.24, 2.45) is 0 Å². The maximum Gasteiger partial charge on any atom is 0.376 e. The summed E-state index contributed by atoms with van der Waals surface area (Å²) in [4.78, 5) is 34.4. The van der Waals surface area contributed by atoms with E-state index in [9.17, 15) is 9.59 Å². The molecule has 9 heteroatoms. The average molecular weight is 519 g/mol. The van der Waals surface area contributed by atoms with Crippen molar-refractivity contribution in [3.05, 3.63) is 88.5 Å². The zero-order chi connectivity index (χ0) is 23.7. The lowest BCUT2D eigenvalue weighted by Crippen LogP contribution is -2.17. The minimum absolute atomic E-state index is 0.101. The molecule has 0 unspecified atom stereocenters. The van der Waals surface area contributed by atoms with Crippen LogP contribution < -0.4 is 5.32 Å². The highest BCUT2D eigenvalue weighted by atomic mass is 79.9. The number of benzene rings is 2. The summed E-state index contributed by atoms with van der Waals surface area (Å²) in [7, 11) is 0. The molecular formula is C25H19BrN4O4. The van der Waals surface area contributed by atoms with Gasteiger partial charge >= 0.3 is 5.97 Å². The van der Waals surface area contributed by atoms with Gasteiger partial charge in [-0.15, -0.1) is 0 Å². The molecule has 1 N–H and O–H groups in total. The molecule has 1 amide bonds. The van der Waals surface area contributed by atoms with Gasteiger partial charge in [0.05, 0.1) is 17.5 Å². The van der Waals surface area contributed by atoms with Gasteiger partial charge in [-0.3, -0.25) is 4.79 Å². The molecule has 0 aliphatic heterocycles. The van der Waals surface area contributed by atoms with Crippen LogP contribution in [0.4, 0.5) is 5.82 Å². The van der Waals surface area contributed by atoms with Crippen LogP contribution in [0.25, 0.3) is 21.9 Å². The fraction of sp³-hybridized carbons (Fsp3) is 0.120. The van der Waals surface area contributed by atoms with Crippen LogP contribution in [-0.4, -0.2) is 33.0 Å². The molecule has 0 saturated heterocycles. The standard InChI is InChI=1S/C25H19BrN4O4/c1-2-33-25(32)22-27-21(29-24(31)18-12-13-19(26)34-18)20-16-10-6-7-11-17(16)30(23(20)28-22)14-15-8-4-3-5-9-15/h3-13H,2,14H2,1H3,(H,27,28,29,31). The lowest BCUT2D eigenvalue weighted by Gasteiger charge is -2.10. The Morgan fingerprint density at radius 2 is 1.79 bits per heavy atom. The number of nitrogens with zero attached hydrogens (tertiary/aromatic N) is 3. The minimum Gasteiger partial charge on any atom is -0.460 e. The zero-order valence-corrected chi connectivity index (χ0v) is 19.7. The summed E-state index contributed by atoms with van der Waals surface area (Å²) in [6, 6.07) is 20.8. The van der Waals surface area contributed by atoms with Gasteiger partial charge < -0.3 is 19.0 Å². The maximum atomic E-state index is 12.9. The summed E-state index contributed by atoms with van der Waals surface area (Å²) in [6.45, 7) is 2.40. The number of furan rings is 1. The number of rotatable bonds is 6. The van der Waals surface area contributed by atoms with Crippen LogP contribution in [0, 0.1) is 0 Å². The van der Waals surface area contributed by atoms with Gasteiger partial charge in [-0.05, 0) is 46.6 Å². The lowest BCUT2D eigenvalue weighted by atomic mass is 10.2. The van der Waals surface area contributed by atoms with E-state index in [-0.39, 0.29) is 24.0 Å². The van der Waals surface area contributed by atoms with Gasteiger partial charge in [-0.1, -0.05) is 48.5 Å². The smallest absolute Gasteiger partial charge is 0.376 e. The van der Waals surface area contributed by atoms with E-state index in [1.54, 1.807) is 19.1 Å². The van der Waals surface area contributed by atoms with E-state index in [1.165, 1.54) is 0 Å². The van der Waals surface area contributed by atoms with Gasteiger partial charge in [0.2, 0.25) is 5.82 Å². The molecule has 34 heavy (non-hydrogen) atoms. The van der Waals surface area contributed by atoms with Crippen molar-refractivity contribution in [2.45, 2.75) is 13.5 Å². The van der Waals surface area contributed by atoms with E-state index in [4.69, 9.17) is 9.15 Å². The number of carbonyl (C=O) groups excluding carboxylic acids is 2. The minimum atomic E-state index is -0.669. The molecule has 170 valence electrons. The molecule has 0 spiro atoms. The van der Waals surface area contributed by atoms with E-state index in [1.807, 2.05) is 59.2 Å². The van der Waals surface area contributed by atoms with Gasteiger partial charge in [0, 0.05) is 11.9 Å². The van der Waals surface area contributed by atoms with Crippen molar-refractivity contribution in [3.8, 4) is 0 Å². The highest BCUT2D eigenvalue weighted by Gasteiger charge is 2.23. The van der Waals surface area contributed by atoms with E-state index in [2.05, 4.69) is 31.2 Å². The number of ether oxygens (including phenoxy) is 1. The quantitative estimate of drug-likeness (QED) is 0.301. The third-order valence-corrected chi connectivity index (χ3v) is 5.71. The molecule has 0 aliphatic carbocycles. The Labute approximate surface area is 202 Å². The molecule has 8 nitrogen and oxygen atoms in total. The van der Waals surface area contributed by atoms with Crippen molar-refractivity contribution < 1.29 is 18.7 Å². The first-order valence-electron chi connectivity index (χ1n) is 10.6. The highest BCUT2D eigenvalue weighted by Crippen LogP contribution is 2.33. The van der Waals surface area contributed by atoms with Crippen molar-refractivity contribution in [3.63, 3.8) is 0 Å². The Morgan fingerprint density at radius 1 is 1.03 bits per heavy atom. The number of hydrogen-bond donors (Lipinski definition) is 1. The average Bonchev–Trinajstić information content (AvgIpc) is 3.42. The Morgan fingerprint density at radius 3 is 2.53 bits per heavy atom. The van der Waals surface area contributed by atoms with Crippen LogP contribution in [0.1, 0.15) is 33.7 Å². The summed E-state index contributed by atoms with van der Waals surface area (Å²) in [5.41, 5.74) is 2.47. The molecule has 0 aliphatic rings. The zero-order valence-electron chi connectivity index (χ0n) is 18.1. The Balaban J connectivity index is 1.73. The molecule has 2 aromatic carbocycles. The van der Waals surface area contributed by atoms with Crippen LogP contribution >= 0.6 is 15.9 Å². The number of aromatic nitrogens is 3. The summed E-state index contributed by atoms with van der Waals surface area (Å²) >= 11 is 3.20. The number of nitrogens with one attached hydrogen (secondary N) is 1.